The van der Waals surface area contributed by atoms with Gasteiger partial charge in [0.2, 0.25) is 17.7 Å². The molecule has 3 rings (SSSR count). The summed E-state index contributed by atoms with van der Waals surface area (Å²) in [4.78, 5) is 41.1. The molecule has 0 aliphatic carbocycles. The lowest BCUT2D eigenvalue weighted by atomic mass is 10.1. The highest BCUT2D eigenvalue weighted by atomic mass is 35.5. The second-order valence-electron chi connectivity index (χ2n) is 7.86. The number of aliphatic hydroxyl groups excluding tert-OH is 2. The number of oxazole rings is 1. The third-order valence-electron chi connectivity index (χ3n) is 5.11. The molecule has 1 aromatic heterocycles. The Morgan fingerprint density at radius 2 is 1.86 bits per heavy atom. The van der Waals surface area contributed by atoms with Gasteiger partial charge >= 0.3 is 5.97 Å². The van der Waals surface area contributed by atoms with Crippen molar-refractivity contribution in [2.24, 2.45) is 0 Å². The molecule has 196 valence electrons. The number of para-hydroxylation sites is 1. The molecule has 2 amide bonds. The van der Waals surface area contributed by atoms with Crippen LogP contribution in [0.4, 0.5) is 5.69 Å². The number of amides is 2. The predicted molar refractivity (Wildman–Crippen MR) is 135 cm³/mol. The first-order valence-corrected chi connectivity index (χ1v) is 11.8. The number of anilines is 1. The molecule has 0 radical (unpaired) electrons. The molecule has 0 bridgehead atoms. The molecule has 3 aromatic rings. The fourth-order valence-electron chi connectivity index (χ4n) is 3.22. The Kier molecular flexibility index (Phi) is 10.0. The number of nitrogens with one attached hydrogen (secondary N) is 3. The Bertz CT molecular complexity index is 1270. The smallest absolute Gasteiger partial charge is 0.337 e. The predicted octanol–water partition coefficient (Wildman–Crippen LogP) is 2.30. The molecule has 1 heterocycles. The van der Waals surface area contributed by atoms with Crippen molar-refractivity contribution in [1.82, 2.24) is 15.6 Å². The van der Waals surface area contributed by atoms with Gasteiger partial charge in [-0.15, -0.1) is 0 Å². The van der Waals surface area contributed by atoms with E-state index < -0.39 is 36.5 Å². The number of aromatic nitrogens is 1. The summed E-state index contributed by atoms with van der Waals surface area (Å²) in [6, 6.07) is 9.54. The summed E-state index contributed by atoms with van der Waals surface area (Å²) in [7, 11) is 0. The average Bonchev–Trinajstić information content (AvgIpc) is 3.35. The number of aliphatic hydroxyl groups is 2. The van der Waals surface area contributed by atoms with Gasteiger partial charge in [-0.3, -0.25) is 14.9 Å². The fourth-order valence-corrected chi connectivity index (χ4v) is 3.61. The van der Waals surface area contributed by atoms with E-state index in [4.69, 9.17) is 32.7 Å². The summed E-state index contributed by atoms with van der Waals surface area (Å²) < 4.78 is 5.72. The number of hydrogen-bond donors (Lipinski definition) is 6. The molecule has 0 saturated carbocycles. The minimum atomic E-state index is -1.23. The first-order valence-electron chi connectivity index (χ1n) is 11.0. The zero-order valence-corrected chi connectivity index (χ0v) is 20.8. The highest BCUT2D eigenvalue weighted by Crippen LogP contribution is 2.31. The number of halogens is 2. The standard InChI is InChI=1S/C24H24Cl2N4O7/c25-13-5-6-17(26)16(7-13)20-10-29-22(37-20)11-27-19(8-21(33)28-9-14(32)12-31)23(34)30-18-4-2-1-3-15(18)24(35)36/h1-7,10,14,19,27,31-32H,8-9,11-12H2,(H,28,33)(H,30,34)(H,35,36). The van der Waals surface area contributed by atoms with Crippen LogP contribution in [-0.4, -0.2) is 63.4 Å². The van der Waals surface area contributed by atoms with Gasteiger partial charge in [0.05, 0.1) is 54.2 Å². The maximum absolute atomic E-state index is 13.0. The van der Waals surface area contributed by atoms with Crippen molar-refractivity contribution >= 4 is 46.7 Å². The SMILES string of the molecule is O=C(CC(NCc1ncc(-c2cc(Cl)ccc2Cl)o1)C(=O)Nc1ccccc1C(=O)O)NCC(O)CO. The zero-order valence-electron chi connectivity index (χ0n) is 19.3. The van der Waals surface area contributed by atoms with Crippen molar-refractivity contribution < 1.29 is 34.1 Å². The summed E-state index contributed by atoms with van der Waals surface area (Å²) in [6.07, 6.45) is -0.0847. The van der Waals surface area contributed by atoms with Gasteiger partial charge in [0.25, 0.3) is 0 Å². The molecule has 0 aliphatic rings. The lowest BCUT2D eigenvalue weighted by Crippen LogP contribution is -2.45. The number of carboxylic acids is 1. The van der Waals surface area contributed by atoms with Crippen molar-refractivity contribution in [2.75, 3.05) is 18.5 Å². The van der Waals surface area contributed by atoms with Crippen LogP contribution >= 0.6 is 23.2 Å². The Hall–Kier alpha value is -3.48. The summed E-state index contributed by atoms with van der Waals surface area (Å²) in [6.45, 7) is -0.823. The fraction of sp³-hybridized carbons (Fsp3) is 0.250. The number of benzene rings is 2. The van der Waals surface area contributed by atoms with Crippen LogP contribution in [0, 0.1) is 0 Å². The van der Waals surface area contributed by atoms with Gasteiger partial charge in [-0.05, 0) is 30.3 Å². The molecule has 11 nitrogen and oxygen atoms in total. The van der Waals surface area contributed by atoms with Crippen LogP contribution in [0.15, 0.2) is 53.1 Å². The molecule has 6 N–H and O–H groups in total. The number of carboxylic acid groups (broad SMARTS) is 1. The minimum absolute atomic E-state index is 0.0527. The Morgan fingerprint density at radius 3 is 2.59 bits per heavy atom. The van der Waals surface area contributed by atoms with Gasteiger partial charge < -0.3 is 30.4 Å². The average molecular weight is 551 g/mol. The van der Waals surface area contributed by atoms with E-state index in [1.807, 2.05) is 0 Å². The molecule has 13 heteroatoms. The molecule has 0 saturated heterocycles. The van der Waals surface area contributed by atoms with Gasteiger partial charge in [0.15, 0.2) is 5.76 Å². The third-order valence-corrected chi connectivity index (χ3v) is 5.68. The number of rotatable bonds is 12. The van der Waals surface area contributed by atoms with E-state index in [-0.39, 0.29) is 36.7 Å². The number of carbonyl (C=O) groups is 3. The Morgan fingerprint density at radius 1 is 1.11 bits per heavy atom. The quantitative estimate of drug-likeness (QED) is 0.197. The Labute approximate surface area is 221 Å². The molecule has 2 unspecified atom stereocenters. The maximum Gasteiger partial charge on any atom is 0.337 e. The van der Waals surface area contributed by atoms with Gasteiger partial charge in [0, 0.05) is 17.1 Å². The molecule has 0 aliphatic heterocycles. The van der Waals surface area contributed by atoms with Gasteiger partial charge in [-0.1, -0.05) is 35.3 Å². The Balaban J connectivity index is 1.74. The van der Waals surface area contributed by atoms with Crippen molar-refractivity contribution in [3.8, 4) is 11.3 Å². The summed E-state index contributed by atoms with van der Waals surface area (Å²) in [5.41, 5.74) is 0.451. The summed E-state index contributed by atoms with van der Waals surface area (Å²) in [5.74, 6) is -1.98. The number of nitrogens with zero attached hydrogens (tertiary/aromatic N) is 1. The summed E-state index contributed by atoms with van der Waals surface area (Å²) >= 11 is 12.2. The second kappa shape index (κ2) is 13.2. The van der Waals surface area contributed by atoms with E-state index in [0.717, 1.165) is 0 Å². The minimum Gasteiger partial charge on any atom is -0.478 e. The highest BCUT2D eigenvalue weighted by Gasteiger charge is 2.24. The largest absolute Gasteiger partial charge is 0.478 e. The van der Waals surface area contributed by atoms with Crippen LogP contribution in [-0.2, 0) is 16.1 Å². The number of hydrogen-bond acceptors (Lipinski definition) is 8. The summed E-state index contributed by atoms with van der Waals surface area (Å²) in [5, 5.41) is 36.4. The monoisotopic (exact) mass is 550 g/mol. The molecule has 2 atom stereocenters. The van der Waals surface area contributed by atoms with Gasteiger partial charge in [-0.25, -0.2) is 9.78 Å². The van der Waals surface area contributed by atoms with Crippen LogP contribution in [0.5, 0.6) is 0 Å². The lowest BCUT2D eigenvalue weighted by Gasteiger charge is -2.19. The van der Waals surface area contributed by atoms with E-state index in [1.165, 1.54) is 24.4 Å². The van der Waals surface area contributed by atoms with E-state index in [9.17, 15) is 24.6 Å². The normalized spacial score (nSPS) is 12.5. The van der Waals surface area contributed by atoms with E-state index in [0.29, 0.717) is 21.4 Å². The topological polar surface area (TPSA) is 174 Å². The highest BCUT2D eigenvalue weighted by molar-refractivity contribution is 6.35. The van der Waals surface area contributed by atoms with E-state index in [2.05, 4.69) is 20.9 Å². The lowest BCUT2D eigenvalue weighted by molar-refractivity contribution is -0.126. The van der Waals surface area contributed by atoms with E-state index in [1.54, 1.807) is 24.3 Å². The zero-order chi connectivity index (χ0) is 26.9. The van der Waals surface area contributed by atoms with Crippen molar-refractivity contribution in [3.63, 3.8) is 0 Å². The van der Waals surface area contributed by atoms with Gasteiger partial charge in [0.1, 0.15) is 0 Å². The third kappa shape index (κ3) is 8.00. The first kappa shape index (κ1) is 28.1. The number of aromatic carboxylic acids is 1. The van der Waals surface area contributed by atoms with Crippen LogP contribution < -0.4 is 16.0 Å². The van der Waals surface area contributed by atoms with Crippen molar-refractivity contribution in [3.05, 3.63) is 70.2 Å². The van der Waals surface area contributed by atoms with Gasteiger partial charge in [-0.2, -0.15) is 0 Å². The number of carbonyl (C=O) groups excluding carboxylic acids is 2. The van der Waals surface area contributed by atoms with Crippen molar-refractivity contribution in [1.29, 1.82) is 0 Å². The maximum atomic E-state index is 13.0. The van der Waals surface area contributed by atoms with Crippen LogP contribution in [0.25, 0.3) is 11.3 Å². The van der Waals surface area contributed by atoms with Crippen LogP contribution in [0.1, 0.15) is 22.7 Å². The molecule has 0 fully saturated rings. The first-order chi connectivity index (χ1) is 17.7. The molecular formula is C24H24Cl2N4O7. The molecular weight excluding hydrogens is 527 g/mol. The van der Waals surface area contributed by atoms with E-state index >= 15 is 0 Å². The van der Waals surface area contributed by atoms with Crippen LogP contribution in [0.3, 0.4) is 0 Å². The molecule has 37 heavy (non-hydrogen) atoms. The molecule has 2 aromatic carbocycles. The van der Waals surface area contributed by atoms with Crippen LogP contribution in [0.2, 0.25) is 10.0 Å². The van der Waals surface area contributed by atoms with Crippen molar-refractivity contribution in [2.45, 2.75) is 25.1 Å². The second-order valence-corrected chi connectivity index (χ2v) is 8.70. The molecule has 0 spiro atoms.